The van der Waals surface area contributed by atoms with Crippen molar-refractivity contribution in [2.45, 2.75) is 40.7 Å². The second-order valence-corrected chi connectivity index (χ2v) is 7.25. The number of hydrogen-bond donors (Lipinski definition) is 1. The van der Waals surface area contributed by atoms with Gasteiger partial charge >= 0.3 is 0 Å². The highest BCUT2D eigenvalue weighted by Crippen LogP contribution is 2.64. The van der Waals surface area contributed by atoms with Crippen molar-refractivity contribution in [1.82, 2.24) is 0 Å². The lowest BCUT2D eigenvalue weighted by molar-refractivity contribution is -0.385. The van der Waals surface area contributed by atoms with Gasteiger partial charge in [0.05, 0.1) is 4.92 Å². The lowest BCUT2D eigenvalue weighted by Gasteiger charge is -2.11. The number of anilines is 1. The van der Waals surface area contributed by atoms with Crippen LogP contribution in [0.4, 0.5) is 11.4 Å². The van der Waals surface area contributed by atoms with Crippen LogP contribution in [0.15, 0.2) is 16.6 Å². The number of nitro benzene ring substituents is 1. The number of halogens is 1. The third-order valence-electron chi connectivity index (χ3n) is 4.80. The summed E-state index contributed by atoms with van der Waals surface area (Å²) >= 11 is 3.41. The van der Waals surface area contributed by atoms with Crippen LogP contribution in [-0.2, 0) is 0 Å². The smallest absolute Gasteiger partial charge is 0.273 e. The van der Waals surface area contributed by atoms with Crippen molar-refractivity contribution in [2.24, 2.45) is 10.8 Å². The van der Waals surface area contributed by atoms with Gasteiger partial charge in [-0.15, -0.1) is 0 Å². The van der Waals surface area contributed by atoms with Crippen LogP contribution in [0.25, 0.3) is 0 Å². The molecule has 0 spiro atoms. The Balaban J connectivity index is 2.29. The van der Waals surface area contributed by atoms with Gasteiger partial charge in [-0.25, -0.2) is 0 Å². The van der Waals surface area contributed by atoms with E-state index in [4.69, 9.17) is 0 Å². The lowest BCUT2D eigenvalue weighted by Crippen LogP contribution is -2.11. The molecule has 1 aromatic carbocycles. The van der Waals surface area contributed by atoms with Gasteiger partial charge in [-0.2, -0.15) is 0 Å². The van der Waals surface area contributed by atoms with Crippen LogP contribution in [0.3, 0.4) is 0 Å². The summed E-state index contributed by atoms with van der Waals surface area (Å²) in [6.45, 7) is 10.7. The molecular formula is C14H19BrN2O2. The predicted octanol–water partition coefficient (Wildman–Crippen LogP) is 4.51. The zero-order valence-electron chi connectivity index (χ0n) is 11.9. The first kappa shape index (κ1) is 14.3. The summed E-state index contributed by atoms with van der Waals surface area (Å²) in [7, 11) is 0. The van der Waals surface area contributed by atoms with Gasteiger partial charge in [0.15, 0.2) is 0 Å². The SMILES string of the molecule is Cc1cc(NC2C(C)(C)C2(C)C)c(Br)cc1[N+](=O)[O-]. The van der Waals surface area contributed by atoms with Crippen LogP contribution in [0, 0.1) is 27.9 Å². The fraction of sp³-hybridized carbons (Fsp3) is 0.571. The van der Waals surface area contributed by atoms with Crippen LogP contribution in [0.2, 0.25) is 0 Å². The van der Waals surface area contributed by atoms with E-state index in [9.17, 15) is 10.1 Å². The minimum atomic E-state index is -0.352. The number of aryl methyl sites for hydroxylation is 1. The molecule has 1 fully saturated rings. The number of nitrogens with one attached hydrogen (secondary N) is 1. The quantitative estimate of drug-likeness (QED) is 0.656. The first-order valence-corrected chi connectivity index (χ1v) is 7.09. The third kappa shape index (κ3) is 2.14. The van der Waals surface area contributed by atoms with E-state index in [1.54, 1.807) is 13.0 Å². The maximum Gasteiger partial charge on any atom is 0.273 e. The molecule has 0 aliphatic heterocycles. The molecule has 1 aromatic rings. The number of rotatable bonds is 3. The summed E-state index contributed by atoms with van der Waals surface area (Å²) < 4.78 is 0.739. The third-order valence-corrected chi connectivity index (χ3v) is 5.46. The minimum absolute atomic E-state index is 0.145. The van der Waals surface area contributed by atoms with Crippen molar-refractivity contribution < 1.29 is 4.92 Å². The molecule has 104 valence electrons. The first-order chi connectivity index (χ1) is 8.59. The molecule has 0 heterocycles. The van der Waals surface area contributed by atoms with Crippen LogP contribution < -0.4 is 5.32 Å². The second kappa shape index (κ2) is 4.20. The second-order valence-electron chi connectivity index (χ2n) is 6.40. The van der Waals surface area contributed by atoms with Crippen molar-refractivity contribution in [2.75, 3.05) is 5.32 Å². The monoisotopic (exact) mass is 326 g/mol. The van der Waals surface area contributed by atoms with Gasteiger partial charge in [-0.3, -0.25) is 10.1 Å². The standard InChI is InChI=1S/C14H19BrN2O2/c1-8-6-10(9(15)7-11(8)17(18)19)16-12-13(2,3)14(12,4)5/h6-7,12,16H,1-5H3. The molecule has 0 unspecified atom stereocenters. The largest absolute Gasteiger partial charge is 0.380 e. The van der Waals surface area contributed by atoms with Gasteiger partial charge in [0.2, 0.25) is 0 Å². The normalized spacial score (nSPS) is 20.1. The van der Waals surface area contributed by atoms with Crippen molar-refractivity contribution in [1.29, 1.82) is 0 Å². The molecule has 0 atom stereocenters. The van der Waals surface area contributed by atoms with Gasteiger partial charge in [-0.1, -0.05) is 27.7 Å². The number of hydrogen-bond acceptors (Lipinski definition) is 3. The van der Waals surface area contributed by atoms with E-state index >= 15 is 0 Å². The molecule has 1 aliphatic carbocycles. The summed E-state index contributed by atoms with van der Waals surface area (Å²) in [6, 6.07) is 3.78. The summed E-state index contributed by atoms with van der Waals surface area (Å²) in [5.74, 6) is 0. The number of nitrogens with zero attached hydrogens (tertiary/aromatic N) is 1. The molecule has 1 saturated carbocycles. The molecule has 0 saturated heterocycles. The average Bonchev–Trinajstić information content (AvgIpc) is 2.65. The van der Waals surface area contributed by atoms with E-state index in [1.165, 1.54) is 0 Å². The Morgan fingerprint density at radius 2 is 1.79 bits per heavy atom. The summed E-state index contributed by atoms with van der Waals surface area (Å²) in [5.41, 5.74) is 2.19. The highest BCUT2D eigenvalue weighted by atomic mass is 79.9. The topological polar surface area (TPSA) is 55.2 Å². The molecule has 4 nitrogen and oxygen atoms in total. The maximum absolute atomic E-state index is 10.9. The van der Waals surface area contributed by atoms with Gasteiger partial charge < -0.3 is 5.32 Å². The molecule has 5 heteroatoms. The summed E-state index contributed by atoms with van der Waals surface area (Å²) in [6.07, 6.45) is 0. The summed E-state index contributed by atoms with van der Waals surface area (Å²) in [4.78, 5) is 10.5. The summed E-state index contributed by atoms with van der Waals surface area (Å²) in [5, 5.41) is 14.4. The zero-order chi connectivity index (χ0) is 14.6. The van der Waals surface area contributed by atoms with Crippen LogP contribution in [0.5, 0.6) is 0 Å². The zero-order valence-corrected chi connectivity index (χ0v) is 13.5. The molecule has 0 radical (unpaired) electrons. The van der Waals surface area contributed by atoms with Crippen molar-refractivity contribution >= 4 is 27.3 Å². The Morgan fingerprint density at radius 1 is 1.26 bits per heavy atom. The Morgan fingerprint density at radius 3 is 2.21 bits per heavy atom. The van der Waals surface area contributed by atoms with Crippen LogP contribution in [-0.4, -0.2) is 11.0 Å². The number of nitro groups is 1. The van der Waals surface area contributed by atoms with E-state index in [0.29, 0.717) is 11.6 Å². The molecule has 0 amide bonds. The minimum Gasteiger partial charge on any atom is -0.380 e. The number of benzene rings is 1. The Hall–Kier alpha value is -1.10. The maximum atomic E-state index is 10.9. The van der Waals surface area contributed by atoms with Gasteiger partial charge in [0.25, 0.3) is 5.69 Å². The fourth-order valence-corrected chi connectivity index (χ4v) is 3.14. The highest BCUT2D eigenvalue weighted by Gasteiger charge is 2.65. The highest BCUT2D eigenvalue weighted by molar-refractivity contribution is 9.10. The molecule has 0 aromatic heterocycles. The van der Waals surface area contributed by atoms with E-state index in [1.807, 2.05) is 6.07 Å². The van der Waals surface area contributed by atoms with Crippen LogP contribution >= 0.6 is 15.9 Å². The Kier molecular flexibility index (Phi) is 3.16. The lowest BCUT2D eigenvalue weighted by atomic mass is 10.0. The fourth-order valence-electron chi connectivity index (χ4n) is 2.69. The van der Waals surface area contributed by atoms with Gasteiger partial charge in [0, 0.05) is 27.8 Å². The molecule has 19 heavy (non-hydrogen) atoms. The van der Waals surface area contributed by atoms with E-state index in [2.05, 4.69) is 48.9 Å². The molecule has 1 N–H and O–H groups in total. The van der Waals surface area contributed by atoms with E-state index in [-0.39, 0.29) is 21.4 Å². The first-order valence-electron chi connectivity index (χ1n) is 6.30. The molecular weight excluding hydrogens is 308 g/mol. The molecule has 1 aliphatic rings. The average molecular weight is 327 g/mol. The Bertz CT molecular complexity index is 539. The Labute approximate surface area is 121 Å². The predicted molar refractivity (Wildman–Crippen MR) is 80.5 cm³/mol. The van der Waals surface area contributed by atoms with Crippen molar-refractivity contribution in [3.8, 4) is 0 Å². The van der Waals surface area contributed by atoms with E-state index < -0.39 is 0 Å². The van der Waals surface area contributed by atoms with E-state index in [0.717, 1.165) is 10.2 Å². The van der Waals surface area contributed by atoms with Crippen molar-refractivity contribution in [3.63, 3.8) is 0 Å². The molecule has 2 rings (SSSR count). The van der Waals surface area contributed by atoms with Gasteiger partial charge in [-0.05, 0) is 39.8 Å². The van der Waals surface area contributed by atoms with Crippen LogP contribution in [0.1, 0.15) is 33.3 Å². The van der Waals surface area contributed by atoms with Gasteiger partial charge in [0.1, 0.15) is 0 Å². The molecule has 0 bridgehead atoms. The van der Waals surface area contributed by atoms with Crippen molar-refractivity contribution in [3.05, 3.63) is 32.3 Å².